The number of carbonyl (C=O) groups excluding carboxylic acids is 1. The van der Waals surface area contributed by atoms with E-state index in [4.69, 9.17) is 0 Å². The minimum Gasteiger partial charge on any atom is -0.434 e. The van der Waals surface area contributed by atoms with E-state index in [1.165, 1.54) is 29.1 Å². The van der Waals surface area contributed by atoms with Crippen LogP contribution >= 0.6 is 0 Å². The van der Waals surface area contributed by atoms with E-state index in [9.17, 15) is 13.6 Å². The van der Waals surface area contributed by atoms with Crippen molar-refractivity contribution >= 4 is 11.9 Å². The Hall–Kier alpha value is -2.50. The number of benzene rings is 1. The number of alkyl halides is 2. The molecule has 0 saturated heterocycles. The van der Waals surface area contributed by atoms with Gasteiger partial charge in [0.05, 0.1) is 0 Å². The van der Waals surface area contributed by atoms with Gasteiger partial charge in [-0.05, 0) is 24.3 Å². The van der Waals surface area contributed by atoms with E-state index in [2.05, 4.69) is 9.84 Å². The summed E-state index contributed by atoms with van der Waals surface area (Å²) >= 11 is 0. The van der Waals surface area contributed by atoms with Crippen LogP contribution in [0.25, 0.3) is 6.08 Å². The average molecular weight is 278 g/mol. The van der Waals surface area contributed by atoms with Crippen molar-refractivity contribution in [2.45, 2.75) is 6.61 Å². The third-order valence-corrected chi connectivity index (χ3v) is 2.62. The molecule has 0 bridgehead atoms. The fraction of sp³-hybridized carbons (Fsp3) is 0.143. The molecule has 0 fully saturated rings. The molecular formula is C14H12F2N2O2. The van der Waals surface area contributed by atoms with Gasteiger partial charge in [0.2, 0.25) is 5.78 Å². The summed E-state index contributed by atoms with van der Waals surface area (Å²) < 4.78 is 30.3. The highest BCUT2D eigenvalue weighted by Gasteiger charge is 2.09. The lowest BCUT2D eigenvalue weighted by molar-refractivity contribution is -0.0499. The lowest BCUT2D eigenvalue weighted by Crippen LogP contribution is -2.04. The molecule has 104 valence electrons. The summed E-state index contributed by atoms with van der Waals surface area (Å²) in [4.78, 5) is 11.9. The van der Waals surface area contributed by atoms with Crippen LogP contribution in [0.3, 0.4) is 0 Å². The molecule has 1 aromatic heterocycles. The number of carbonyl (C=O) groups is 1. The van der Waals surface area contributed by atoms with Crippen molar-refractivity contribution in [2.24, 2.45) is 7.05 Å². The molecular weight excluding hydrogens is 266 g/mol. The van der Waals surface area contributed by atoms with E-state index in [1.807, 2.05) is 0 Å². The fourth-order valence-electron chi connectivity index (χ4n) is 1.69. The lowest BCUT2D eigenvalue weighted by Gasteiger charge is -2.07. The second-order valence-corrected chi connectivity index (χ2v) is 3.95. The molecule has 0 unspecified atom stereocenters. The Kier molecular flexibility index (Phi) is 4.24. The van der Waals surface area contributed by atoms with Crippen molar-refractivity contribution in [3.05, 3.63) is 53.9 Å². The summed E-state index contributed by atoms with van der Waals surface area (Å²) in [7, 11) is 1.65. The highest BCUT2D eigenvalue weighted by atomic mass is 19.3. The number of halogens is 2. The summed E-state index contributed by atoms with van der Waals surface area (Å²) in [6, 6.07) is 7.84. The van der Waals surface area contributed by atoms with E-state index in [0.29, 0.717) is 11.3 Å². The van der Waals surface area contributed by atoms with Crippen molar-refractivity contribution in [1.82, 2.24) is 9.78 Å². The van der Waals surface area contributed by atoms with Gasteiger partial charge in [0.1, 0.15) is 11.4 Å². The first kappa shape index (κ1) is 13.9. The van der Waals surface area contributed by atoms with Crippen LogP contribution in [-0.2, 0) is 7.05 Å². The number of allylic oxidation sites excluding steroid dienone is 1. The molecule has 0 aliphatic heterocycles. The smallest absolute Gasteiger partial charge is 0.387 e. The van der Waals surface area contributed by atoms with Crippen molar-refractivity contribution in [1.29, 1.82) is 0 Å². The summed E-state index contributed by atoms with van der Waals surface area (Å²) in [6.45, 7) is -2.91. The molecule has 0 saturated carbocycles. The van der Waals surface area contributed by atoms with Crippen molar-refractivity contribution < 1.29 is 18.3 Å². The zero-order valence-corrected chi connectivity index (χ0v) is 10.7. The minimum absolute atomic E-state index is 0.0246. The number of ketones is 1. The van der Waals surface area contributed by atoms with E-state index in [-0.39, 0.29) is 11.5 Å². The van der Waals surface area contributed by atoms with Crippen LogP contribution in [0.1, 0.15) is 16.1 Å². The molecule has 1 aromatic carbocycles. The molecule has 0 N–H and O–H groups in total. The Morgan fingerprint density at radius 3 is 2.75 bits per heavy atom. The maximum atomic E-state index is 12.3. The second kappa shape index (κ2) is 6.10. The van der Waals surface area contributed by atoms with Crippen LogP contribution in [0.2, 0.25) is 0 Å². The molecule has 1 heterocycles. The van der Waals surface area contributed by atoms with E-state index >= 15 is 0 Å². The zero-order valence-electron chi connectivity index (χ0n) is 10.7. The molecule has 0 radical (unpaired) electrons. The summed E-state index contributed by atoms with van der Waals surface area (Å²) in [6.07, 6.45) is 4.24. The number of para-hydroxylation sites is 1. The van der Waals surface area contributed by atoms with Gasteiger partial charge in [-0.15, -0.1) is 0 Å². The van der Waals surface area contributed by atoms with Gasteiger partial charge in [0, 0.05) is 18.8 Å². The molecule has 4 nitrogen and oxygen atoms in total. The van der Waals surface area contributed by atoms with Crippen LogP contribution in [0.4, 0.5) is 8.78 Å². The summed E-state index contributed by atoms with van der Waals surface area (Å²) in [5.41, 5.74) is 0.817. The molecule has 0 aliphatic carbocycles. The van der Waals surface area contributed by atoms with Gasteiger partial charge in [-0.1, -0.05) is 18.2 Å². The lowest BCUT2D eigenvalue weighted by atomic mass is 10.1. The number of aryl methyl sites for hydroxylation is 1. The Labute approximate surface area is 114 Å². The van der Waals surface area contributed by atoms with Crippen molar-refractivity contribution in [3.63, 3.8) is 0 Å². The number of hydrogen-bond acceptors (Lipinski definition) is 3. The SMILES string of the molecule is Cn1nccc1C(=O)/C=C\c1ccccc1OC(F)F. The molecule has 0 spiro atoms. The quantitative estimate of drug-likeness (QED) is 0.624. The van der Waals surface area contributed by atoms with Crippen LogP contribution in [-0.4, -0.2) is 22.2 Å². The maximum Gasteiger partial charge on any atom is 0.387 e. The second-order valence-electron chi connectivity index (χ2n) is 3.95. The van der Waals surface area contributed by atoms with E-state index in [1.54, 1.807) is 31.3 Å². The average Bonchev–Trinajstić information content (AvgIpc) is 2.83. The van der Waals surface area contributed by atoms with Gasteiger partial charge >= 0.3 is 6.61 Å². The Balaban J connectivity index is 2.19. The first-order valence-electron chi connectivity index (χ1n) is 5.82. The first-order valence-corrected chi connectivity index (χ1v) is 5.82. The predicted octanol–water partition coefficient (Wildman–Crippen LogP) is 2.92. The van der Waals surface area contributed by atoms with Gasteiger partial charge in [0.25, 0.3) is 0 Å². The van der Waals surface area contributed by atoms with Gasteiger partial charge in [0.15, 0.2) is 0 Å². The Morgan fingerprint density at radius 2 is 2.10 bits per heavy atom. The van der Waals surface area contributed by atoms with Gasteiger partial charge in [-0.2, -0.15) is 13.9 Å². The molecule has 0 atom stereocenters. The number of aromatic nitrogens is 2. The predicted molar refractivity (Wildman–Crippen MR) is 69.6 cm³/mol. The monoisotopic (exact) mass is 278 g/mol. The van der Waals surface area contributed by atoms with Crippen LogP contribution in [0.5, 0.6) is 5.75 Å². The largest absolute Gasteiger partial charge is 0.434 e. The highest BCUT2D eigenvalue weighted by Crippen LogP contribution is 2.21. The Morgan fingerprint density at radius 1 is 1.35 bits per heavy atom. The van der Waals surface area contributed by atoms with Gasteiger partial charge in [-0.3, -0.25) is 9.48 Å². The first-order chi connectivity index (χ1) is 9.58. The normalized spacial score (nSPS) is 11.2. The van der Waals surface area contributed by atoms with Crippen molar-refractivity contribution in [3.8, 4) is 5.75 Å². The third kappa shape index (κ3) is 3.28. The van der Waals surface area contributed by atoms with Crippen molar-refractivity contribution in [2.75, 3.05) is 0 Å². The van der Waals surface area contributed by atoms with Gasteiger partial charge in [-0.25, -0.2) is 0 Å². The van der Waals surface area contributed by atoms with E-state index < -0.39 is 6.61 Å². The summed E-state index contributed by atoms with van der Waals surface area (Å²) in [5, 5.41) is 3.89. The maximum absolute atomic E-state index is 12.3. The molecule has 0 aliphatic rings. The van der Waals surface area contributed by atoms with E-state index in [0.717, 1.165) is 0 Å². The zero-order chi connectivity index (χ0) is 14.5. The standard InChI is InChI=1S/C14H12F2N2O2/c1-18-11(8-9-17-18)12(19)7-6-10-4-2-3-5-13(10)20-14(15)16/h2-9,14H,1H3/b7-6-. The fourth-order valence-corrected chi connectivity index (χ4v) is 1.69. The number of nitrogens with zero attached hydrogens (tertiary/aromatic N) is 2. The van der Waals surface area contributed by atoms with Crippen LogP contribution < -0.4 is 4.74 Å². The molecule has 2 rings (SSSR count). The minimum atomic E-state index is -2.91. The van der Waals surface area contributed by atoms with Crippen LogP contribution in [0, 0.1) is 0 Å². The topological polar surface area (TPSA) is 44.1 Å². The summed E-state index contributed by atoms with van der Waals surface area (Å²) in [5.74, 6) is -0.242. The number of rotatable bonds is 5. The van der Waals surface area contributed by atoms with Crippen LogP contribution in [0.15, 0.2) is 42.6 Å². The molecule has 6 heteroatoms. The highest BCUT2D eigenvalue weighted by molar-refractivity contribution is 6.05. The number of hydrogen-bond donors (Lipinski definition) is 0. The number of ether oxygens (including phenoxy) is 1. The molecule has 2 aromatic rings. The molecule has 0 amide bonds. The Bertz CT molecular complexity index is 636. The van der Waals surface area contributed by atoms with Gasteiger partial charge < -0.3 is 4.74 Å². The molecule has 20 heavy (non-hydrogen) atoms. The third-order valence-electron chi connectivity index (χ3n) is 2.62.